The standard InChI is InChI=1S/C25H26FN5O/c1-17-10-19(16-31(17)25(32)7-4-18-2-5-22(26)6-3-18)15-30-9-8-20-11-23(27-14-24(20)30)21-12-28-29-13-21/h2-3,5-6,8-9,11-14,17,19H,4,7,10,15-16H2,1H3,(H,28,29)/t17-,19-/m0/s1. The number of halogens is 1. The Balaban J connectivity index is 1.22. The number of nitrogens with one attached hydrogen (secondary N) is 1. The molecule has 1 amide bonds. The highest BCUT2D eigenvalue weighted by Crippen LogP contribution is 2.28. The first-order valence-corrected chi connectivity index (χ1v) is 11.0. The number of aromatic amines is 1. The van der Waals surface area contributed by atoms with Crippen molar-refractivity contribution >= 4 is 16.8 Å². The summed E-state index contributed by atoms with van der Waals surface area (Å²) < 4.78 is 15.3. The lowest BCUT2D eigenvalue weighted by atomic mass is 10.1. The molecular formula is C25H26FN5O. The summed E-state index contributed by atoms with van der Waals surface area (Å²) in [5, 5.41) is 7.97. The minimum absolute atomic E-state index is 0.174. The number of hydrogen-bond donors (Lipinski definition) is 1. The van der Waals surface area contributed by atoms with Gasteiger partial charge in [0.2, 0.25) is 5.91 Å². The zero-order valence-electron chi connectivity index (χ0n) is 18.0. The fourth-order valence-corrected chi connectivity index (χ4v) is 4.74. The molecule has 2 atom stereocenters. The first-order chi connectivity index (χ1) is 15.6. The molecule has 7 heteroatoms. The highest BCUT2D eigenvalue weighted by molar-refractivity contribution is 5.83. The first kappa shape index (κ1) is 20.4. The van der Waals surface area contributed by atoms with Crippen LogP contribution in [-0.2, 0) is 17.8 Å². The van der Waals surface area contributed by atoms with E-state index in [2.05, 4.69) is 45.0 Å². The highest BCUT2D eigenvalue weighted by Gasteiger charge is 2.32. The van der Waals surface area contributed by atoms with E-state index < -0.39 is 0 Å². The molecule has 1 fully saturated rings. The van der Waals surface area contributed by atoms with Gasteiger partial charge in [0, 0.05) is 48.9 Å². The van der Waals surface area contributed by atoms with Gasteiger partial charge in [-0.2, -0.15) is 5.10 Å². The van der Waals surface area contributed by atoms with Crippen LogP contribution in [0.15, 0.2) is 61.2 Å². The van der Waals surface area contributed by atoms with Gasteiger partial charge in [-0.1, -0.05) is 12.1 Å². The van der Waals surface area contributed by atoms with Gasteiger partial charge in [0.15, 0.2) is 0 Å². The SMILES string of the molecule is C[C@H]1C[C@@H](Cn2ccc3cc(-c4cn[nH]c4)ncc32)CN1C(=O)CCc1ccc(F)cc1. The Kier molecular flexibility index (Phi) is 5.47. The summed E-state index contributed by atoms with van der Waals surface area (Å²) >= 11 is 0. The van der Waals surface area contributed by atoms with Crippen molar-refractivity contribution in [1.29, 1.82) is 0 Å². The van der Waals surface area contributed by atoms with E-state index >= 15 is 0 Å². The number of carbonyl (C=O) groups excluding carboxylic acids is 1. The van der Waals surface area contributed by atoms with E-state index in [1.165, 1.54) is 12.1 Å². The predicted octanol–water partition coefficient (Wildman–Crippen LogP) is 4.44. The Labute approximate surface area is 186 Å². The van der Waals surface area contributed by atoms with Crippen LogP contribution in [0.3, 0.4) is 0 Å². The predicted molar refractivity (Wildman–Crippen MR) is 121 cm³/mol. The van der Waals surface area contributed by atoms with Gasteiger partial charge in [-0.3, -0.25) is 14.9 Å². The zero-order chi connectivity index (χ0) is 22.1. The number of aryl methyl sites for hydroxylation is 1. The van der Waals surface area contributed by atoms with Crippen molar-refractivity contribution < 1.29 is 9.18 Å². The second kappa shape index (κ2) is 8.57. The molecule has 3 aromatic heterocycles. The number of rotatable bonds is 6. The number of nitrogens with zero attached hydrogens (tertiary/aromatic N) is 4. The van der Waals surface area contributed by atoms with Gasteiger partial charge in [-0.25, -0.2) is 4.39 Å². The number of pyridine rings is 1. The maximum absolute atomic E-state index is 13.1. The fourth-order valence-electron chi connectivity index (χ4n) is 4.74. The Morgan fingerprint density at radius 2 is 2.06 bits per heavy atom. The number of hydrogen-bond acceptors (Lipinski definition) is 3. The van der Waals surface area contributed by atoms with Crippen molar-refractivity contribution in [2.45, 2.75) is 38.8 Å². The van der Waals surface area contributed by atoms with E-state index in [1.54, 1.807) is 18.3 Å². The highest BCUT2D eigenvalue weighted by atomic mass is 19.1. The summed E-state index contributed by atoms with van der Waals surface area (Å²) in [7, 11) is 0. The van der Waals surface area contributed by atoms with Gasteiger partial charge < -0.3 is 9.47 Å². The summed E-state index contributed by atoms with van der Waals surface area (Å²) in [5.41, 5.74) is 3.96. The summed E-state index contributed by atoms with van der Waals surface area (Å²) in [6, 6.07) is 10.8. The van der Waals surface area contributed by atoms with Crippen LogP contribution in [0.5, 0.6) is 0 Å². The van der Waals surface area contributed by atoms with Crippen LogP contribution in [0, 0.1) is 11.7 Å². The molecular weight excluding hydrogens is 405 g/mol. The molecule has 0 saturated carbocycles. The van der Waals surface area contributed by atoms with E-state index in [-0.39, 0.29) is 17.8 Å². The van der Waals surface area contributed by atoms with Gasteiger partial charge in [-0.15, -0.1) is 0 Å². The number of amides is 1. The number of likely N-dealkylation sites (tertiary alicyclic amines) is 1. The smallest absolute Gasteiger partial charge is 0.223 e. The molecule has 0 spiro atoms. The zero-order valence-corrected chi connectivity index (χ0v) is 18.0. The van der Waals surface area contributed by atoms with Crippen molar-refractivity contribution in [3.8, 4) is 11.3 Å². The maximum Gasteiger partial charge on any atom is 0.223 e. The molecule has 1 saturated heterocycles. The van der Waals surface area contributed by atoms with Crippen LogP contribution >= 0.6 is 0 Å². The summed E-state index contributed by atoms with van der Waals surface area (Å²) in [5.74, 6) is 0.332. The lowest BCUT2D eigenvalue weighted by Gasteiger charge is -2.21. The van der Waals surface area contributed by atoms with E-state index in [1.807, 2.05) is 17.3 Å². The molecule has 1 aromatic carbocycles. The molecule has 6 nitrogen and oxygen atoms in total. The van der Waals surface area contributed by atoms with Gasteiger partial charge >= 0.3 is 0 Å². The molecule has 4 heterocycles. The molecule has 0 bridgehead atoms. The van der Waals surface area contributed by atoms with Gasteiger partial charge in [0.25, 0.3) is 0 Å². The van der Waals surface area contributed by atoms with Crippen LogP contribution in [0.1, 0.15) is 25.3 Å². The number of benzene rings is 1. The Hall–Kier alpha value is -3.48. The van der Waals surface area contributed by atoms with Gasteiger partial charge in [0.1, 0.15) is 5.82 Å². The number of carbonyl (C=O) groups is 1. The monoisotopic (exact) mass is 431 g/mol. The number of fused-ring (bicyclic) bond motifs is 1. The third-order valence-electron chi connectivity index (χ3n) is 6.43. The largest absolute Gasteiger partial charge is 0.346 e. The molecule has 0 radical (unpaired) electrons. The first-order valence-electron chi connectivity index (χ1n) is 11.0. The average Bonchev–Trinajstić information content (AvgIpc) is 3.54. The Bertz CT molecular complexity index is 1220. The van der Waals surface area contributed by atoms with Crippen LogP contribution in [-0.4, -0.2) is 43.1 Å². The number of aromatic nitrogens is 4. The number of H-pyrrole nitrogens is 1. The summed E-state index contributed by atoms with van der Waals surface area (Å²) in [4.78, 5) is 19.4. The Morgan fingerprint density at radius 1 is 1.22 bits per heavy atom. The van der Waals surface area contributed by atoms with Gasteiger partial charge in [-0.05, 0) is 55.5 Å². The van der Waals surface area contributed by atoms with E-state index in [0.29, 0.717) is 18.8 Å². The third-order valence-corrected chi connectivity index (χ3v) is 6.43. The van der Waals surface area contributed by atoms with E-state index in [4.69, 9.17) is 0 Å². The summed E-state index contributed by atoms with van der Waals surface area (Å²) in [6.45, 7) is 3.76. The molecule has 1 N–H and O–H groups in total. The van der Waals surface area contributed by atoms with Crippen molar-refractivity contribution in [3.63, 3.8) is 0 Å². The normalized spacial score (nSPS) is 18.5. The van der Waals surface area contributed by atoms with Crippen molar-refractivity contribution in [1.82, 2.24) is 24.6 Å². The molecule has 4 aromatic rings. The second-order valence-electron chi connectivity index (χ2n) is 8.71. The van der Waals surface area contributed by atoms with Gasteiger partial charge in [0.05, 0.1) is 23.6 Å². The van der Waals surface area contributed by atoms with Crippen LogP contribution in [0.25, 0.3) is 22.2 Å². The minimum atomic E-state index is -0.249. The van der Waals surface area contributed by atoms with Crippen LogP contribution in [0.4, 0.5) is 4.39 Å². The lowest BCUT2D eigenvalue weighted by Crippen LogP contribution is -2.34. The van der Waals surface area contributed by atoms with Crippen LogP contribution < -0.4 is 0 Å². The maximum atomic E-state index is 13.1. The Morgan fingerprint density at radius 3 is 2.84 bits per heavy atom. The van der Waals surface area contributed by atoms with Crippen molar-refractivity contribution in [2.24, 2.45) is 5.92 Å². The summed E-state index contributed by atoms with van der Waals surface area (Å²) in [6.07, 6.45) is 9.72. The van der Waals surface area contributed by atoms with Crippen molar-refractivity contribution in [3.05, 3.63) is 72.6 Å². The topological polar surface area (TPSA) is 66.8 Å². The third kappa shape index (κ3) is 4.15. The molecule has 1 aliphatic rings. The molecule has 32 heavy (non-hydrogen) atoms. The second-order valence-corrected chi connectivity index (χ2v) is 8.71. The van der Waals surface area contributed by atoms with E-state index in [9.17, 15) is 9.18 Å². The average molecular weight is 432 g/mol. The molecule has 5 rings (SSSR count). The van der Waals surface area contributed by atoms with Crippen molar-refractivity contribution in [2.75, 3.05) is 6.54 Å². The van der Waals surface area contributed by atoms with Crippen LogP contribution in [0.2, 0.25) is 0 Å². The quantitative estimate of drug-likeness (QED) is 0.491. The fraction of sp³-hybridized carbons (Fsp3) is 0.320. The van der Waals surface area contributed by atoms with E-state index in [0.717, 1.165) is 47.2 Å². The molecule has 1 aliphatic heterocycles. The molecule has 0 aliphatic carbocycles. The molecule has 164 valence electrons. The minimum Gasteiger partial charge on any atom is -0.346 e. The molecule has 0 unspecified atom stereocenters. The lowest BCUT2D eigenvalue weighted by molar-refractivity contribution is -0.131.